The van der Waals surface area contributed by atoms with E-state index in [2.05, 4.69) is 15.3 Å². The Bertz CT molecular complexity index is 740. The highest BCUT2D eigenvalue weighted by Crippen LogP contribution is 2.42. The van der Waals surface area contributed by atoms with Crippen molar-refractivity contribution in [1.82, 2.24) is 10.3 Å². The fourth-order valence-corrected chi connectivity index (χ4v) is 2.93. The molecule has 120 valence electrons. The zero-order valence-corrected chi connectivity index (χ0v) is 12.1. The van der Waals surface area contributed by atoms with Crippen LogP contribution in [0.5, 0.6) is 0 Å². The van der Waals surface area contributed by atoms with Crippen LogP contribution in [0.1, 0.15) is 23.7 Å². The second-order valence-corrected chi connectivity index (χ2v) is 5.31. The smallest absolute Gasteiger partial charge is 0.361 e. The number of aromatic nitrogens is 1. The van der Waals surface area contributed by atoms with Crippen LogP contribution in [0.25, 0.3) is 0 Å². The third-order valence-electron chi connectivity index (χ3n) is 4.02. The predicted octanol–water partition coefficient (Wildman–Crippen LogP) is 3.50. The molecule has 0 fully saturated rings. The van der Waals surface area contributed by atoms with Gasteiger partial charge in [0.25, 0.3) is 0 Å². The molecule has 3 rings (SSSR count). The molecular weight excluding hydrogens is 310 g/mol. The van der Waals surface area contributed by atoms with Crippen molar-refractivity contribution >= 4 is 6.34 Å². The standard InChI is InChI=1S/C16H13F4N3/c1-10-15(23-9-22-10,11-4-6-12(17)7-5-11)13-3-2-8-21-14(13)16(18,19)20/h2-10H,1H3,(H,22,23)/t10-,15-/m0/s1. The molecule has 1 aromatic carbocycles. The maximum Gasteiger partial charge on any atom is 0.433 e. The fourth-order valence-electron chi connectivity index (χ4n) is 2.93. The number of pyridine rings is 1. The first kappa shape index (κ1) is 15.5. The lowest BCUT2D eigenvalue weighted by Gasteiger charge is -2.35. The van der Waals surface area contributed by atoms with Crippen molar-refractivity contribution in [2.75, 3.05) is 0 Å². The molecule has 1 aliphatic heterocycles. The van der Waals surface area contributed by atoms with Crippen molar-refractivity contribution in [3.05, 3.63) is 65.2 Å². The lowest BCUT2D eigenvalue weighted by atomic mass is 9.77. The molecule has 1 N–H and O–H groups in total. The van der Waals surface area contributed by atoms with E-state index in [-0.39, 0.29) is 5.56 Å². The molecule has 0 bridgehead atoms. The lowest BCUT2D eigenvalue weighted by molar-refractivity contribution is -0.142. The summed E-state index contributed by atoms with van der Waals surface area (Å²) in [5, 5.41) is 2.93. The first-order valence-electron chi connectivity index (χ1n) is 6.94. The summed E-state index contributed by atoms with van der Waals surface area (Å²) < 4.78 is 53.4. The number of aliphatic imine (C=N–C) groups is 1. The normalized spacial score (nSPS) is 23.8. The number of nitrogens with one attached hydrogen (secondary N) is 1. The van der Waals surface area contributed by atoms with E-state index in [0.29, 0.717) is 5.56 Å². The highest BCUT2D eigenvalue weighted by Gasteiger charge is 2.48. The zero-order chi connectivity index (χ0) is 16.7. The van der Waals surface area contributed by atoms with E-state index in [4.69, 9.17) is 0 Å². The molecule has 0 saturated heterocycles. The van der Waals surface area contributed by atoms with Crippen LogP contribution in [0.2, 0.25) is 0 Å². The number of rotatable bonds is 2. The third-order valence-corrected chi connectivity index (χ3v) is 4.02. The Labute approximate surface area is 130 Å². The number of hydrogen-bond donors (Lipinski definition) is 1. The summed E-state index contributed by atoms with van der Waals surface area (Å²) in [4.78, 5) is 7.69. The molecular formula is C16H13F4N3. The number of nitrogens with zero attached hydrogens (tertiary/aromatic N) is 2. The van der Waals surface area contributed by atoms with Gasteiger partial charge in [-0.2, -0.15) is 13.2 Å². The third kappa shape index (κ3) is 2.46. The molecule has 0 amide bonds. The molecule has 0 radical (unpaired) electrons. The van der Waals surface area contributed by atoms with Gasteiger partial charge in [0.15, 0.2) is 0 Å². The Morgan fingerprint density at radius 3 is 2.39 bits per heavy atom. The number of hydrogen-bond acceptors (Lipinski definition) is 3. The van der Waals surface area contributed by atoms with Crippen LogP contribution in [0.3, 0.4) is 0 Å². The highest BCUT2D eigenvalue weighted by atomic mass is 19.4. The summed E-state index contributed by atoms with van der Waals surface area (Å²) in [6.45, 7) is 1.70. The number of halogens is 4. The minimum absolute atomic E-state index is 0.0379. The summed E-state index contributed by atoms with van der Waals surface area (Å²) in [7, 11) is 0. The van der Waals surface area contributed by atoms with Gasteiger partial charge in [-0.1, -0.05) is 18.2 Å². The summed E-state index contributed by atoms with van der Waals surface area (Å²) in [6, 6.07) is 7.65. The van der Waals surface area contributed by atoms with Gasteiger partial charge in [0.05, 0.1) is 12.4 Å². The van der Waals surface area contributed by atoms with E-state index in [0.717, 1.165) is 6.20 Å². The van der Waals surface area contributed by atoms with Crippen LogP contribution >= 0.6 is 0 Å². The van der Waals surface area contributed by atoms with E-state index in [1.165, 1.54) is 42.7 Å². The van der Waals surface area contributed by atoms with E-state index in [9.17, 15) is 17.6 Å². The van der Waals surface area contributed by atoms with E-state index in [1.807, 2.05) is 0 Å². The maximum absolute atomic E-state index is 13.4. The van der Waals surface area contributed by atoms with Gasteiger partial charge in [-0.05, 0) is 30.7 Å². The first-order chi connectivity index (χ1) is 10.9. The maximum atomic E-state index is 13.4. The van der Waals surface area contributed by atoms with E-state index >= 15 is 0 Å². The van der Waals surface area contributed by atoms with Crippen molar-refractivity contribution in [1.29, 1.82) is 0 Å². The Morgan fingerprint density at radius 2 is 1.83 bits per heavy atom. The molecule has 2 heterocycles. The minimum atomic E-state index is -4.60. The summed E-state index contributed by atoms with van der Waals surface area (Å²) in [5.74, 6) is -0.460. The van der Waals surface area contributed by atoms with Crippen LogP contribution in [0, 0.1) is 5.82 Å². The van der Waals surface area contributed by atoms with Crippen molar-refractivity contribution in [3.63, 3.8) is 0 Å². The second-order valence-electron chi connectivity index (χ2n) is 5.31. The van der Waals surface area contributed by atoms with Crippen molar-refractivity contribution < 1.29 is 17.6 Å². The van der Waals surface area contributed by atoms with Gasteiger partial charge in [-0.15, -0.1) is 0 Å². The van der Waals surface area contributed by atoms with Crippen LogP contribution < -0.4 is 5.32 Å². The van der Waals surface area contributed by atoms with E-state index < -0.39 is 29.3 Å². The Kier molecular flexibility index (Phi) is 3.58. The largest absolute Gasteiger partial charge is 0.433 e. The summed E-state index contributed by atoms with van der Waals surface area (Å²) in [6.07, 6.45) is -2.13. The molecule has 3 nitrogen and oxygen atoms in total. The molecule has 0 spiro atoms. The van der Waals surface area contributed by atoms with Gasteiger partial charge >= 0.3 is 6.18 Å². The molecule has 0 unspecified atom stereocenters. The molecule has 0 saturated carbocycles. The van der Waals surface area contributed by atoms with Gasteiger partial charge in [0.1, 0.15) is 17.1 Å². The zero-order valence-electron chi connectivity index (χ0n) is 12.1. The van der Waals surface area contributed by atoms with Crippen LogP contribution in [-0.4, -0.2) is 17.4 Å². The molecule has 0 aliphatic carbocycles. The van der Waals surface area contributed by atoms with Gasteiger partial charge in [0.2, 0.25) is 0 Å². The van der Waals surface area contributed by atoms with Gasteiger partial charge in [-0.25, -0.2) is 4.39 Å². The lowest BCUT2D eigenvalue weighted by Crippen LogP contribution is -2.47. The Hall–Kier alpha value is -2.44. The number of benzene rings is 1. The SMILES string of the molecule is C[C@@H]1N=CN[C@@]1(c1ccc(F)cc1)c1cccnc1C(F)(F)F. The average molecular weight is 323 g/mol. The molecule has 2 atom stereocenters. The topological polar surface area (TPSA) is 37.3 Å². The molecule has 1 aromatic heterocycles. The molecule has 7 heteroatoms. The summed E-state index contributed by atoms with van der Waals surface area (Å²) in [5.41, 5.74) is -1.77. The van der Waals surface area contributed by atoms with Gasteiger partial charge < -0.3 is 5.32 Å². The summed E-state index contributed by atoms with van der Waals surface area (Å²) >= 11 is 0. The van der Waals surface area contributed by atoms with Gasteiger partial charge in [0, 0.05) is 11.8 Å². The van der Waals surface area contributed by atoms with Crippen molar-refractivity contribution in [2.45, 2.75) is 24.7 Å². The molecule has 23 heavy (non-hydrogen) atoms. The Balaban J connectivity index is 2.25. The molecule has 1 aliphatic rings. The van der Waals surface area contributed by atoms with Gasteiger partial charge in [-0.3, -0.25) is 9.98 Å². The van der Waals surface area contributed by atoms with Crippen molar-refractivity contribution in [3.8, 4) is 0 Å². The first-order valence-corrected chi connectivity index (χ1v) is 6.94. The van der Waals surface area contributed by atoms with Crippen LogP contribution in [0.4, 0.5) is 17.6 Å². The van der Waals surface area contributed by atoms with Crippen LogP contribution in [-0.2, 0) is 11.7 Å². The average Bonchev–Trinajstić information content (AvgIpc) is 2.90. The quantitative estimate of drug-likeness (QED) is 0.859. The predicted molar refractivity (Wildman–Crippen MR) is 77.5 cm³/mol. The molecule has 2 aromatic rings. The monoisotopic (exact) mass is 323 g/mol. The number of alkyl halides is 3. The highest BCUT2D eigenvalue weighted by molar-refractivity contribution is 5.65. The minimum Gasteiger partial charge on any atom is -0.361 e. The van der Waals surface area contributed by atoms with Crippen LogP contribution in [0.15, 0.2) is 47.6 Å². The van der Waals surface area contributed by atoms with Crippen molar-refractivity contribution in [2.24, 2.45) is 4.99 Å². The Morgan fingerprint density at radius 1 is 1.13 bits per heavy atom. The van der Waals surface area contributed by atoms with E-state index in [1.54, 1.807) is 6.92 Å². The fraction of sp³-hybridized carbons (Fsp3) is 0.250. The second kappa shape index (κ2) is 5.33.